The first-order chi connectivity index (χ1) is 6.16. The summed E-state index contributed by atoms with van der Waals surface area (Å²) in [5.41, 5.74) is 0. The van der Waals surface area contributed by atoms with E-state index in [1.165, 1.54) is 6.08 Å². The average molecular weight is 202 g/mol. The molecule has 0 aromatic rings. The molecule has 2 nitrogen and oxygen atoms in total. The molecule has 0 aliphatic rings. The van der Waals surface area contributed by atoms with Gasteiger partial charge in [0.15, 0.2) is 0 Å². The van der Waals surface area contributed by atoms with Crippen molar-refractivity contribution in [2.45, 2.75) is 20.8 Å². The number of hydrogen-bond donors (Lipinski definition) is 0. The van der Waals surface area contributed by atoms with Crippen LogP contribution in [0.1, 0.15) is 20.8 Å². The summed E-state index contributed by atoms with van der Waals surface area (Å²) in [5.74, 6) is 2.48. The zero-order valence-corrected chi connectivity index (χ0v) is 9.39. The molecule has 13 heavy (non-hydrogen) atoms. The number of thioether (sulfide) groups is 1. The number of esters is 1. The molecule has 0 radical (unpaired) electrons. The zero-order valence-electron chi connectivity index (χ0n) is 8.58. The smallest absolute Gasteiger partial charge is 0.330 e. The van der Waals surface area contributed by atoms with Crippen LogP contribution in [-0.4, -0.2) is 24.1 Å². The van der Waals surface area contributed by atoms with Gasteiger partial charge in [-0.3, -0.25) is 0 Å². The fourth-order valence-corrected chi connectivity index (χ4v) is 1.55. The van der Waals surface area contributed by atoms with E-state index in [0.29, 0.717) is 12.5 Å². The van der Waals surface area contributed by atoms with E-state index >= 15 is 0 Å². The maximum Gasteiger partial charge on any atom is 0.330 e. The van der Waals surface area contributed by atoms with E-state index in [1.807, 2.05) is 17.8 Å². The molecular weight excluding hydrogens is 184 g/mol. The standard InChI is InChI=1S/C10H18O2S/c1-4-12-10(11)6-5-7-13-8-9(2)3/h5-6,9H,4,7-8H2,1-3H3/b6-5+. The summed E-state index contributed by atoms with van der Waals surface area (Å²) < 4.78 is 4.73. The Bertz CT molecular complexity index is 164. The van der Waals surface area contributed by atoms with E-state index in [9.17, 15) is 4.79 Å². The maximum atomic E-state index is 10.8. The van der Waals surface area contributed by atoms with Crippen molar-refractivity contribution >= 4 is 17.7 Å². The largest absolute Gasteiger partial charge is 0.463 e. The van der Waals surface area contributed by atoms with Gasteiger partial charge in [0.25, 0.3) is 0 Å². The highest BCUT2D eigenvalue weighted by molar-refractivity contribution is 7.99. The Morgan fingerprint density at radius 2 is 2.23 bits per heavy atom. The van der Waals surface area contributed by atoms with Gasteiger partial charge in [0.05, 0.1) is 6.61 Å². The number of rotatable bonds is 6. The molecule has 0 rings (SSSR count). The number of hydrogen-bond acceptors (Lipinski definition) is 3. The zero-order chi connectivity index (χ0) is 10.1. The lowest BCUT2D eigenvalue weighted by Crippen LogP contribution is -1.99. The minimum absolute atomic E-state index is 0.243. The van der Waals surface area contributed by atoms with Crippen LogP contribution in [0.4, 0.5) is 0 Å². The molecule has 0 unspecified atom stereocenters. The first-order valence-electron chi connectivity index (χ1n) is 4.57. The van der Waals surface area contributed by atoms with Gasteiger partial charge < -0.3 is 4.74 Å². The molecule has 0 amide bonds. The first-order valence-corrected chi connectivity index (χ1v) is 5.73. The fourth-order valence-electron chi connectivity index (χ4n) is 0.706. The molecule has 0 aliphatic heterocycles. The summed E-state index contributed by atoms with van der Waals surface area (Å²) in [7, 11) is 0. The Morgan fingerprint density at radius 3 is 2.77 bits per heavy atom. The topological polar surface area (TPSA) is 26.3 Å². The molecule has 0 N–H and O–H groups in total. The van der Waals surface area contributed by atoms with Crippen LogP contribution in [0.25, 0.3) is 0 Å². The summed E-state index contributed by atoms with van der Waals surface area (Å²) in [5, 5.41) is 0. The minimum Gasteiger partial charge on any atom is -0.463 e. The highest BCUT2D eigenvalue weighted by Crippen LogP contribution is 2.06. The second-order valence-corrected chi connectivity index (χ2v) is 4.16. The van der Waals surface area contributed by atoms with Gasteiger partial charge in [-0.2, -0.15) is 11.8 Å². The molecule has 76 valence electrons. The third-order valence-electron chi connectivity index (χ3n) is 1.21. The van der Waals surface area contributed by atoms with E-state index in [0.717, 1.165) is 11.5 Å². The highest BCUT2D eigenvalue weighted by Gasteiger charge is 1.94. The third kappa shape index (κ3) is 9.47. The van der Waals surface area contributed by atoms with Crippen molar-refractivity contribution in [2.75, 3.05) is 18.1 Å². The molecule has 0 spiro atoms. The van der Waals surface area contributed by atoms with Gasteiger partial charge in [-0.1, -0.05) is 19.9 Å². The summed E-state index contributed by atoms with van der Waals surface area (Å²) >= 11 is 1.83. The van der Waals surface area contributed by atoms with E-state index in [1.54, 1.807) is 6.92 Å². The molecule has 0 saturated heterocycles. The molecular formula is C10H18O2S. The van der Waals surface area contributed by atoms with Crippen LogP contribution in [0.5, 0.6) is 0 Å². The van der Waals surface area contributed by atoms with Gasteiger partial charge in [0.2, 0.25) is 0 Å². The predicted octanol–water partition coefficient (Wildman–Crippen LogP) is 2.49. The van der Waals surface area contributed by atoms with Crippen LogP contribution < -0.4 is 0 Å². The molecule has 0 bridgehead atoms. The molecule has 0 fully saturated rings. The van der Waals surface area contributed by atoms with Gasteiger partial charge in [-0.25, -0.2) is 4.79 Å². The summed E-state index contributed by atoms with van der Waals surface area (Å²) in [6.07, 6.45) is 3.35. The Labute approximate surface area is 84.7 Å². The molecule has 0 aliphatic carbocycles. The maximum absolute atomic E-state index is 10.8. The van der Waals surface area contributed by atoms with Gasteiger partial charge in [-0.15, -0.1) is 0 Å². The van der Waals surface area contributed by atoms with Crippen LogP contribution in [0.3, 0.4) is 0 Å². The van der Waals surface area contributed by atoms with Gasteiger partial charge in [-0.05, 0) is 18.6 Å². The number of ether oxygens (including phenoxy) is 1. The van der Waals surface area contributed by atoms with Gasteiger partial charge in [0.1, 0.15) is 0 Å². The van der Waals surface area contributed by atoms with E-state index in [4.69, 9.17) is 4.74 Å². The van der Waals surface area contributed by atoms with Gasteiger partial charge >= 0.3 is 5.97 Å². The first kappa shape index (κ1) is 12.6. The van der Waals surface area contributed by atoms with Crippen molar-refractivity contribution in [3.05, 3.63) is 12.2 Å². The van der Waals surface area contributed by atoms with Crippen molar-refractivity contribution in [2.24, 2.45) is 5.92 Å². The van der Waals surface area contributed by atoms with Crippen molar-refractivity contribution in [3.8, 4) is 0 Å². The van der Waals surface area contributed by atoms with Crippen LogP contribution in [-0.2, 0) is 9.53 Å². The molecule has 0 saturated carbocycles. The molecule has 0 heterocycles. The van der Waals surface area contributed by atoms with E-state index in [2.05, 4.69) is 13.8 Å². The third-order valence-corrected chi connectivity index (χ3v) is 2.54. The van der Waals surface area contributed by atoms with Crippen LogP contribution in [0.2, 0.25) is 0 Å². The summed E-state index contributed by atoms with van der Waals surface area (Å²) in [4.78, 5) is 10.8. The van der Waals surface area contributed by atoms with Crippen LogP contribution >= 0.6 is 11.8 Å². The lowest BCUT2D eigenvalue weighted by atomic mass is 10.3. The highest BCUT2D eigenvalue weighted by atomic mass is 32.2. The average Bonchev–Trinajstić information content (AvgIpc) is 2.03. The SMILES string of the molecule is CCOC(=O)/C=C/CSCC(C)C. The monoisotopic (exact) mass is 202 g/mol. The van der Waals surface area contributed by atoms with Crippen molar-refractivity contribution in [1.29, 1.82) is 0 Å². The Kier molecular flexibility index (Phi) is 7.90. The second kappa shape index (κ2) is 8.17. The van der Waals surface area contributed by atoms with Crippen LogP contribution in [0.15, 0.2) is 12.2 Å². The second-order valence-electron chi connectivity index (χ2n) is 3.09. The van der Waals surface area contributed by atoms with Crippen molar-refractivity contribution in [3.63, 3.8) is 0 Å². The Balaban J connectivity index is 3.35. The lowest BCUT2D eigenvalue weighted by molar-refractivity contribution is -0.137. The lowest BCUT2D eigenvalue weighted by Gasteiger charge is -2.00. The fraction of sp³-hybridized carbons (Fsp3) is 0.700. The molecule has 0 aromatic heterocycles. The Morgan fingerprint density at radius 1 is 1.54 bits per heavy atom. The minimum atomic E-state index is -0.243. The van der Waals surface area contributed by atoms with Crippen molar-refractivity contribution in [1.82, 2.24) is 0 Å². The molecule has 3 heteroatoms. The number of carbonyl (C=O) groups is 1. The van der Waals surface area contributed by atoms with E-state index < -0.39 is 0 Å². The summed E-state index contributed by atoms with van der Waals surface area (Å²) in [6.45, 7) is 6.62. The van der Waals surface area contributed by atoms with Gasteiger partial charge in [0, 0.05) is 11.8 Å². The summed E-state index contributed by atoms with van der Waals surface area (Å²) in [6, 6.07) is 0. The van der Waals surface area contributed by atoms with Crippen LogP contribution in [0, 0.1) is 5.92 Å². The molecule has 0 atom stereocenters. The Hall–Kier alpha value is -0.440. The molecule has 0 aromatic carbocycles. The number of carbonyl (C=O) groups excluding carboxylic acids is 1. The van der Waals surface area contributed by atoms with E-state index in [-0.39, 0.29) is 5.97 Å². The predicted molar refractivity (Wildman–Crippen MR) is 57.9 cm³/mol. The normalized spacial score (nSPS) is 11.1. The van der Waals surface area contributed by atoms with Crippen molar-refractivity contribution < 1.29 is 9.53 Å². The quantitative estimate of drug-likeness (QED) is 0.376.